The van der Waals surface area contributed by atoms with Gasteiger partial charge in [-0.2, -0.15) is 5.10 Å². The summed E-state index contributed by atoms with van der Waals surface area (Å²) in [5, 5.41) is 5.58. The normalized spacial score (nSPS) is 15.9. The van der Waals surface area contributed by atoms with Gasteiger partial charge in [0.1, 0.15) is 0 Å². The van der Waals surface area contributed by atoms with Gasteiger partial charge in [0.15, 0.2) is 11.6 Å². The molecule has 0 N–H and O–H groups in total. The SMILES string of the molecule is Cn1nc(CN2CCCC2)nc1-c1ccc(Cl)c(Cl)c1. The van der Waals surface area contributed by atoms with Crippen LogP contribution in [0.5, 0.6) is 0 Å². The monoisotopic (exact) mass is 310 g/mol. The average molecular weight is 311 g/mol. The number of likely N-dealkylation sites (tertiary alicyclic amines) is 1. The fourth-order valence-corrected chi connectivity index (χ4v) is 2.83. The zero-order valence-corrected chi connectivity index (χ0v) is 12.8. The number of aryl methyl sites for hydroxylation is 1. The van der Waals surface area contributed by atoms with E-state index in [2.05, 4.69) is 15.0 Å². The van der Waals surface area contributed by atoms with Gasteiger partial charge in [0.25, 0.3) is 0 Å². The molecule has 0 radical (unpaired) electrons. The highest BCUT2D eigenvalue weighted by Crippen LogP contribution is 2.27. The Balaban J connectivity index is 1.85. The van der Waals surface area contributed by atoms with Crippen LogP contribution in [-0.4, -0.2) is 32.8 Å². The molecule has 0 amide bonds. The van der Waals surface area contributed by atoms with Crippen LogP contribution in [0, 0.1) is 0 Å². The summed E-state index contributed by atoms with van der Waals surface area (Å²) < 4.78 is 1.80. The van der Waals surface area contributed by atoms with Gasteiger partial charge in [0.05, 0.1) is 16.6 Å². The summed E-state index contributed by atoms with van der Waals surface area (Å²) in [7, 11) is 1.90. The van der Waals surface area contributed by atoms with Crippen molar-refractivity contribution in [1.82, 2.24) is 19.7 Å². The molecule has 0 saturated carbocycles. The Morgan fingerprint density at radius 3 is 2.60 bits per heavy atom. The summed E-state index contributed by atoms with van der Waals surface area (Å²) in [6, 6.07) is 5.53. The van der Waals surface area contributed by atoms with Crippen LogP contribution in [0.2, 0.25) is 10.0 Å². The highest BCUT2D eigenvalue weighted by atomic mass is 35.5. The third-order valence-corrected chi connectivity index (χ3v) is 4.29. The number of rotatable bonds is 3. The molecular formula is C14H16Cl2N4. The second-order valence-electron chi connectivity index (χ2n) is 5.09. The Hall–Kier alpha value is -1.10. The van der Waals surface area contributed by atoms with Crippen LogP contribution in [0.1, 0.15) is 18.7 Å². The van der Waals surface area contributed by atoms with Crippen molar-refractivity contribution >= 4 is 23.2 Å². The molecule has 2 heterocycles. The first-order chi connectivity index (χ1) is 9.63. The average Bonchev–Trinajstić information content (AvgIpc) is 3.03. The predicted octanol–water partition coefficient (Wildman–Crippen LogP) is 3.38. The molecule has 0 spiro atoms. The van der Waals surface area contributed by atoms with E-state index in [1.54, 1.807) is 10.7 Å². The van der Waals surface area contributed by atoms with Crippen LogP contribution in [0.25, 0.3) is 11.4 Å². The van der Waals surface area contributed by atoms with E-state index in [1.165, 1.54) is 12.8 Å². The molecule has 3 rings (SSSR count). The summed E-state index contributed by atoms with van der Waals surface area (Å²) >= 11 is 12.0. The third kappa shape index (κ3) is 2.82. The minimum absolute atomic E-state index is 0.535. The molecule has 1 aromatic carbocycles. The van der Waals surface area contributed by atoms with Gasteiger partial charge in [-0.25, -0.2) is 9.67 Å². The number of hydrogen-bond donors (Lipinski definition) is 0. The zero-order valence-electron chi connectivity index (χ0n) is 11.3. The van der Waals surface area contributed by atoms with E-state index in [-0.39, 0.29) is 0 Å². The molecule has 1 aromatic heterocycles. The second kappa shape index (κ2) is 5.72. The van der Waals surface area contributed by atoms with Crippen LogP contribution in [0.3, 0.4) is 0 Å². The fraction of sp³-hybridized carbons (Fsp3) is 0.429. The van der Waals surface area contributed by atoms with E-state index in [1.807, 2.05) is 19.2 Å². The molecule has 1 fully saturated rings. The number of halogens is 2. The largest absolute Gasteiger partial charge is 0.296 e. The molecule has 0 bridgehead atoms. The summed E-state index contributed by atoms with van der Waals surface area (Å²) in [6.07, 6.45) is 2.54. The van der Waals surface area contributed by atoms with Crippen molar-refractivity contribution in [3.8, 4) is 11.4 Å². The van der Waals surface area contributed by atoms with E-state index in [0.29, 0.717) is 10.0 Å². The topological polar surface area (TPSA) is 34.0 Å². The lowest BCUT2D eigenvalue weighted by Gasteiger charge is -2.10. The van der Waals surface area contributed by atoms with Gasteiger partial charge >= 0.3 is 0 Å². The first kappa shape index (κ1) is 13.9. The number of nitrogens with zero attached hydrogens (tertiary/aromatic N) is 4. The van der Waals surface area contributed by atoms with Crippen LogP contribution in [-0.2, 0) is 13.6 Å². The maximum absolute atomic E-state index is 6.06. The van der Waals surface area contributed by atoms with Crippen LogP contribution in [0.15, 0.2) is 18.2 Å². The third-order valence-electron chi connectivity index (χ3n) is 3.55. The van der Waals surface area contributed by atoms with E-state index >= 15 is 0 Å². The van der Waals surface area contributed by atoms with Gasteiger partial charge in [-0.05, 0) is 44.1 Å². The lowest BCUT2D eigenvalue weighted by molar-refractivity contribution is 0.322. The Morgan fingerprint density at radius 1 is 1.15 bits per heavy atom. The first-order valence-corrected chi connectivity index (χ1v) is 7.47. The molecule has 2 aromatic rings. The fourth-order valence-electron chi connectivity index (χ4n) is 2.53. The van der Waals surface area contributed by atoms with Gasteiger partial charge in [-0.15, -0.1) is 0 Å². The van der Waals surface area contributed by atoms with E-state index in [0.717, 1.165) is 36.8 Å². The Morgan fingerprint density at radius 2 is 1.90 bits per heavy atom. The lowest BCUT2D eigenvalue weighted by Crippen LogP contribution is -2.19. The number of hydrogen-bond acceptors (Lipinski definition) is 3. The maximum Gasteiger partial charge on any atom is 0.165 e. The Bertz CT molecular complexity index is 618. The van der Waals surface area contributed by atoms with Crippen molar-refractivity contribution in [1.29, 1.82) is 0 Å². The van der Waals surface area contributed by atoms with Crippen molar-refractivity contribution < 1.29 is 0 Å². The van der Waals surface area contributed by atoms with Crippen molar-refractivity contribution in [3.63, 3.8) is 0 Å². The smallest absolute Gasteiger partial charge is 0.165 e. The van der Waals surface area contributed by atoms with Crippen molar-refractivity contribution in [2.24, 2.45) is 7.05 Å². The summed E-state index contributed by atoms with van der Waals surface area (Å²) in [5.74, 6) is 1.67. The zero-order chi connectivity index (χ0) is 14.1. The maximum atomic E-state index is 6.06. The molecule has 4 nitrogen and oxygen atoms in total. The van der Waals surface area contributed by atoms with Gasteiger partial charge in [-0.1, -0.05) is 23.2 Å². The molecule has 0 aliphatic carbocycles. The van der Waals surface area contributed by atoms with Crippen LogP contribution >= 0.6 is 23.2 Å². The van der Waals surface area contributed by atoms with Gasteiger partial charge in [0, 0.05) is 12.6 Å². The van der Waals surface area contributed by atoms with Gasteiger partial charge in [-0.3, -0.25) is 4.90 Å². The predicted molar refractivity (Wildman–Crippen MR) is 81.0 cm³/mol. The molecule has 0 atom stereocenters. The highest BCUT2D eigenvalue weighted by molar-refractivity contribution is 6.42. The second-order valence-corrected chi connectivity index (χ2v) is 5.90. The number of benzene rings is 1. The van der Waals surface area contributed by atoms with E-state index in [9.17, 15) is 0 Å². The molecule has 6 heteroatoms. The lowest BCUT2D eigenvalue weighted by atomic mass is 10.2. The molecule has 1 aliphatic rings. The van der Waals surface area contributed by atoms with Crippen molar-refractivity contribution in [2.45, 2.75) is 19.4 Å². The summed E-state index contributed by atoms with van der Waals surface area (Å²) in [5.41, 5.74) is 0.932. The first-order valence-electron chi connectivity index (χ1n) is 6.71. The molecule has 1 aliphatic heterocycles. The minimum Gasteiger partial charge on any atom is -0.296 e. The highest BCUT2D eigenvalue weighted by Gasteiger charge is 2.16. The van der Waals surface area contributed by atoms with Gasteiger partial charge < -0.3 is 0 Å². The molecular weight excluding hydrogens is 295 g/mol. The van der Waals surface area contributed by atoms with Gasteiger partial charge in [0.2, 0.25) is 0 Å². The summed E-state index contributed by atoms with van der Waals surface area (Å²) in [4.78, 5) is 7.01. The molecule has 1 saturated heterocycles. The molecule has 0 unspecified atom stereocenters. The molecule has 106 valence electrons. The Labute approximate surface area is 128 Å². The standard InChI is InChI=1S/C14H16Cl2N4/c1-19-14(10-4-5-11(15)12(16)8-10)17-13(18-19)9-20-6-2-3-7-20/h4-5,8H,2-3,6-7,9H2,1H3. The van der Waals surface area contributed by atoms with Crippen molar-refractivity contribution in [3.05, 3.63) is 34.1 Å². The Kier molecular flexibility index (Phi) is 3.96. The summed E-state index contributed by atoms with van der Waals surface area (Å²) in [6.45, 7) is 3.09. The number of aromatic nitrogens is 3. The molecule has 20 heavy (non-hydrogen) atoms. The van der Waals surface area contributed by atoms with E-state index < -0.39 is 0 Å². The van der Waals surface area contributed by atoms with E-state index in [4.69, 9.17) is 23.2 Å². The van der Waals surface area contributed by atoms with Crippen LogP contribution in [0.4, 0.5) is 0 Å². The quantitative estimate of drug-likeness (QED) is 0.871. The van der Waals surface area contributed by atoms with Crippen molar-refractivity contribution in [2.75, 3.05) is 13.1 Å². The van der Waals surface area contributed by atoms with Crippen LogP contribution < -0.4 is 0 Å². The minimum atomic E-state index is 0.535.